The minimum absolute atomic E-state index is 0.0289. The molecule has 2 rings (SSSR count). The average molecular weight is 300 g/mol. The van der Waals surface area contributed by atoms with Crippen molar-refractivity contribution in [1.29, 1.82) is 0 Å². The second-order valence-electron chi connectivity index (χ2n) is 4.69. The van der Waals surface area contributed by atoms with E-state index in [4.69, 9.17) is 32.0 Å². The van der Waals surface area contributed by atoms with Gasteiger partial charge < -0.3 is 25.3 Å². The van der Waals surface area contributed by atoms with Gasteiger partial charge in [-0.15, -0.1) is 0 Å². The Bertz CT molecular complexity index is 496. The van der Waals surface area contributed by atoms with Gasteiger partial charge in [-0.25, -0.2) is 0 Å². The van der Waals surface area contributed by atoms with E-state index in [2.05, 4.69) is 17.1 Å². The molecule has 0 aliphatic carbocycles. The predicted molar refractivity (Wildman–Crippen MR) is 76.7 cm³/mol. The van der Waals surface area contributed by atoms with Crippen molar-refractivity contribution < 1.29 is 14.7 Å². The number of likely N-dealkylation sites (N-methyl/N-ethyl adjacent to an activating group) is 1. The number of rotatable bonds is 4. The van der Waals surface area contributed by atoms with Crippen molar-refractivity contribution in [3.8, 4) is 5.75 Å². The lowest BCUT2D eigenvalue weighted by atomic mass is 10.2. The fourth-order valence-corrected chi connectivity index (χ4v) is 2.27. The zero-order valence-corrected chi connectivity index (χ0v) is 12.0. The van der Waals surface area contributed by atoms with Crippen LogP contribution in [-0.2, 0) is 4.74 Å². The maximum atomic E-state index is 8.63. The monoisotopic (exact) mass is 299 g/mol. The molecule has 1 aromatic carbocycles. The van der Waals surface area contributed by atoms with E-state index in [0.717, 1.165) is 13.1 Å². The van der Waals surface area contributed by atoms with Gasteiger partial charge in [0, 0.05) is 18.7 Å². The number of nitrogens with zero attached hydrogens (tertiary/aromatic N) is 2. The standard InChI is InChI=1S/C13H18ClN3O3/c1-17-4-5-19-10(7-17)8-20-9-2-3-11(12(14)6-9)13(15)16-18/h2-3,6,10,18H,4-5,7-8H2,1H3,(H2,15,16). The van der Waals surface area contributed by atoms with Gasteiger partial charge in [0.05, 0.1) is 11.6 Å². The molecule has 0 spiro atoms. The van der Waals surface area contributed by atoms with Crippen LogP contribution in [-0.4, -0.2) is 55.4 Å². The number of morpholine rings is 1. The molecule has 6 nitrogen and oxygen atoms in total. The highest BCUT2D eigenvalue weighted by molar-refractivity contribution is 6.34. The molecule has 7 heteroatoms. The molecule has 3 N–H and O–H groups in total. The summed E-state index contributed by atoms with van der Waals surface area (Å²) in [6.07, 6.45) is 0.0521. The van der Waals surface area contributed by atoms with Gasteiger partial charge in [0.15, 0.2) is 5.84 Å². The molecule has 1 aliphatic heterocycles. The molecule has 110 valence electrons. The van der Waals surface area contributed by atoms with Crippen LogP contribution in [0, 0.1) is 0 Å². The SMILES string of the molecule is CN1CCOC(COc2ccc(/C(N)=N/O)c(Cl)c2)C1. The number of benzene rings is 1. The van der Waals surface area contributed by atoms with Crippen molar-refractivity contribution in [3.63, 3.8) is 0 Å². The van der Waals surface area contributed by atoms with E-state index in [1.807, 2.05) is 0 Å². The first-order valence-corrected chi connectivity index (χ1v) is 6.68. The summed E-state index contributed by atoms with van der Waals surface area (Å²) in [7, 11) is 2.05. The molecule has 0 bridgehead atoms. The Hall–Kier alpha value is -1.50. The summed E-state index contributed by atoms with van der Waals surface area (Å²) in [5.41, 5.74) is 5.97. The van der Waals surface area contributed by atoms with E-state index in [1.54, 1.807) is 18.2 Å². The third-order valence-corrected chi connectivity index (χ3v) is 3.41. The predicted octanol–water partition coefficient (Wildman–Crippen LogP) is 1.14. The average Bonchev–Trinajstić information content (AvgIpc) is 2.44. The van der Waals surface area contributed by atoms with Gasteiger partial charge in [0.2, 0.25) is 0 Å². The fourth-order valence-electron chi connectivity index (χ4n) is 2.00. The van der Waals surface area contributed by atoms with E-state index >= 15 is 0 Å². The highest BCUT2D eigenvalue weighted by Crippen LogP contribution is 2.22. The van der Waals surface area contributed by atoms with E-state index < -0.39 is 0 Å². The van der Waals surface area contributed by atoms with E-state index in [1.165, 1.54) is 0 Å². The van der Waals surface area contributed by atoms with Gasteiger partial charge in [-0.05, 0) is 25.2 Å². The number of amidine groups is 1. The topological polar surface area (TPSA) is 80.3 Å². The van der Waals surface area contributed by atoms with Crippen LogP contribution in [0.15, 0.2) is 23.4 Å². The molecule has 1 fully saturated rings. The Kier molecular flexibility index (Phi) is 5.05. The lowest BCUT2D eigenvalue weighted by Gasteiger charge is -2.29. The number of nitrogens with two attached hydrogens (primary N) is 1. The first-order chi connectivity index (χ1) is 9.60. The van der Waals surface area contributed by atoms with Crippen LogP contribution in [0.1, 0.15) is 5.56 Å². The molecule has 1 heterocycles. The number of hydrogen-bond acceptors (Lipinski definition) is 5. The van der Waals surface area contributed by atoms with Crippen LogP contribution in [0.25, 0.3) is 0 Å². The molecule has 0 amide bonds. The van der Waals surface area contributed by atoms with Crippen LogP contribution >= 0.6 is 11.6 Å². The van der Waals surface area contributed by atoms with Crippen LogP contribution < -0.4 is 10.5 Å². The van der Waals surface area contributed by atoms with Crippen molar-refractivity contribution in [2.75, 3.05) is 33.4 Å². The summed E-state index contributed by atoms with van der Waals surface area (Å²) in [5.74, 6) is 0.597. The first kappa shape index (κ1) is 14.9. The van der Waals surface area contributed by atoms with Crippen molar-refractivity contribution in [2.45, 2.75) is 6.10 Å². The quantitative estimate of drug-likeness (QED) is 0.377. The Morgan fingerprint density at radius 1 is 1.65 bits per heavy atom. The minimum Gasteiger partial charge on any atom is -0.491 e. The first-order valence-electron chi connectivity index (χ1n) is 6.30. The van der Waals surface area contributed by atoms with Crippen molar-refractivity contribution in [1.82, 2.24) is 4.90 Å². The zero-order valence-electron chi connectivity index (χ0n) is 11.3. The maximum absolute atomic E-state index is 8.63. The second-order valence-corrected chi connectivity index (χ2v) is 5.10. The maximum Gasteiger partial charge on any atom is 0.171 e. The fraction of sp³-hybridized carbons (Fsp3) is 0.462. The summed E-state index contributed by atoms with van der Waals surface area (Å²) in [5, 5.41) is 11.9. The number of ether oxygens (including phenoxy) is 2. The third-order valence-electron chi connectivity index (χ3n) is 3.10. The molecule has 20 heavy (non-hydrogen) atoms. The molecule has 1 aromatic rings. The summed E-state index contributed by atoms with van der Waals surface area (Å²) < 4.78 is 11.3. The van der Waals surface area contributed by atoms with Gasteiger partial charge in [-0.2, -0.15) is 0 Å². The third kappa shape index (κ3) is 3.75. The zero-order chi connectivity index (χ0) is 14.5. The normalized spacial score (nSPS) is 20.9. The molecule has 1 atom stereocenters. The minimum atomic E-state index is -0.0289. The van der Waals surface area contributed by atoms with Gasteiger partial charge >= 0.3 is 0 Å². The van der Waals surface area contributed by atoms with Crippen molar-refractivity contribution >= 4 is 17.4 Å². The number of hydrogen-bond donors (Lipinski definition) is 2. The highest BCUT2D eigenvalue weighted by Gasteiger charge is 2.18. The molecule has 0 radical (unpaired) electrons. The summed E-state index contributed by atoms with van der Waals surface area (Å²) in [6, 6.07) is 5.02. The van der Waals surface area contributed by atoms with Crippen LogP contribution in [0.4, 0.5) is 0 Å². The van der Waals surface area contributed by atoms with Crippen LogP contribution in [0.3, 0.4) is 0 Å². The Labute approximate surface area is 122 Å². The largest absolute Gasteiger partial charge is 0.491 e. The Balaban J connectivity index is 1.95. The molecule has 1 saturated heterocycles. The van der Waals surface area contributed by atoms with Crippen LogP contribution in [0.5, 0.6) is 5.75 Å². The molecular weight excluding hydrogens is 282 g/mol. The highest BCUT2D eigenvalue weighted by atomic mass is 35.5. The summed E-state index contributed by atoms with van der Waals surface area (Å²) in [6.45, 7) is 2.96. The molecule has 1 unspecified atom stereocenters. The van der Waals surface area contributed by atoms with Crippen LogP contribution in [0.2, 0.25) is 5.02 Å². The van der Waals surface area contributed by atoms with E-state index in [9.17, 15) is 0 Å². The van der Waals surface area contributed by atoms with Gasteiger partial charge in [-0.1, -0.05) is 16.8 Å². The molecule has 0 aromatic heterocycles. The molecular formula is C13H18ClN3O3. The second kappa shape index (κ2) is 6.78. The summed E-state index contributed by atoms with van der Waals surface area (Å²) >= 11 is 6.06. The molecule has 0 saturated carbocycles. The lowest BCUT2D eigenvalue weighted by Crippen LogP contribution is -2.42. The van der Waals surface area contributed by atoms with Gasteiger partial charge in [-0.3, -0.25) is 0 Å². The van der Waals surface area contributed by atoms with Crippen molar-refractivity contribution in [2.24, 2.45) is 10.9 Å². The van der Waals surface area contributed by atoms with Gasteiger partial charge in [0.25, 0.3) is 0 Å². The molecule has 1 aliphatic rings. The van der Waals surface area contributed by atoms with E-state index in [-0.39, 0.29) is 11.9 Å². The Morgan fingerprint density at radius 2 is 2.45 bits per heavy atom. The smallest absolute Gasteiger partial charge is 0.171 e. The van der Waals surface area contributed by atoms with Crippen molar-refractivity contribution in [3.05, 3.63) is 28.8 Å². The van der Waals surface area contributed by atoms with Gasteiger partial charge in [0.1, 0.15) is 18.5 Å². The number of oxime groups is 1. The van der Waals surface area contributed by atoms with E-state index in [0.29, 0.717) is 29.5 Å². The number of halogens is 1. The lowest BCUT2D eigenvalue weighted by molar-refractivity contribution is -0.0403. The Morgan fingerprint density at radius 3 is 3.10 bits per heavy atom. The summed E-state index contributed by atoms with van der Waals surface area (Å²) in [4.78, 5) is 2.20.